The zero-order valence-corrected chi connectivity index (χ0v) is 29.9. The second kappa shape index (κ2) is 16.9. The Morgan fingerprint density at radius 3 is 2.19 bits per heavy atom. The van der Waals surface area contributed by atoms with Crippen LogP contribution in [-0.2, 0) is 32.6 Å². The first-order valence-corrected chi connectivity index (χ1v) is 17.9. The molecule has 0 saturated carbocycles. The normalized spacial score (nSPS) is 11.9. The van der Waals surface area contributed by atoms with Crippen LogP contribution in [0.25, 0.3) is 0 Å². The number of nitrogens with zero attached hydrogens (tertiary/aromatic N) is 2. The Morgan fingerprint density at radius 1 is 0.854 bits per heavy atom. The second-order valence-electron chi connectivity index (χ2n) is 11.6. The summed E-state index contributed by atoms with van der Waals surface area (Å²) in [6.07, 6.45) is 1.84. The molecule has 0 fully saturated rings. The lowest BCUT2D eigenvalue weighted by atomic mass is 10.0. The number of rotatable bonds is 15. The van der Waals surface area contributed by atoms with Crippen LogP contribution in [0.5, 0.6) is 5.75 Å². The van der Waals surface area contributed by atoms with Crippen LogP contribution in [0.2, 0.25) is 10.0 Å². The first-order chi connectivity index (χ1) is 22.9. The Labute approximate surface area is 293 Å². The molecule has 0 heterocycles. The summed E-state index contributed by atoms with van der Waals surface area (Å²) < 4.78 is 35.4. The number of carbonyl (C=O) groups is 2. The van der Waals surface area contributed by atoms with Gasteiger partial charge in [-0.05, 0) is 73.4 Å². The van der Waals surface area contributed by atoms with E-state index < -0.39 is 28.5 Å². The van der Waals surface area contributed by atoms with Crippen LogP contribution >= 0.6 is 23.2 Å². The SMILES string of the molecule is CCCCNC(=O)[C@@H](Cc1ccccc1)N(Cc1ccc(Cl)c(Cl)c1)C(=O)CN(c1cc(C)ccc1OC)S(=O)(=O)c1ccc(C)cc1. The summed E-state index contributed by atoms with van der Waals surface area (Å²) in [7, 11) is -2.85. The molecule has 0 aliphatic heterocycles. The van der Waals surface area contributed by atoms with Crippen molar-refractivity contribution in [2.24, 2.45) is 0 Å². The topological polar surface area (TPSA) is 96.0 Å². The van der Waals surface area contributed by atoms with E-state index in [1.807, 2.05) is 51.1 Å². The minimum absolute atomic E-state index is 0.0126. The summed E-state index contributed by atoms with van der Waals surface area (Å²) in [5.74, 6) is -0.660. The summed E-state index contributed by atoms with van der Waals surface area (Å²) in [6.45, 7) is 5.51. The average Bonchev–Trinajstić information content (AvgIpc) is 3.07. The molecule has 1 N–H and O–H groups in total. The van der Waals surface area contributed by atoms with Crippen molar-refractivity contribution in [2.75, 3.05) is 24.5 Å². The molecule has 0 spiro atoms. The van der Waals surface area contributed by atoms with Crippen molar-refractivity contribution in [3.63, 3.8) is 0 Å². The van der Waals surface area contributed by atoms with E-state index >= 15 is 0 Å². The molecule has 0 radical (unpaired) electrons. The van der Waals surface area contributed by atoms with Gasteiger partial charge in [-0.2, -0.15) is 0 Å². The summed E-state index contributed by atoms with van der Waals surface area (Å²) in [5.41, 5.74) is 3.32. The van der Waals surface area contributed by atoms with Crippen molar-refractivity contribution >= 4 is 50.7 Å². The van der Waals surface area contributed by atoms with Crippen LogP contribution in [0.1, 0.15) is 42.0 Å². The van der Waals surface area contributed by atoms with Crippen LogP contribution in [0.3, 0.4) is 0 Å². The lowest BCUT2D eigenvalue weighted by Crippen LogP contribution is -2.53. The quantitative estimate of drug-likeness (QED) is 0.130. The third kappa shape index (κ3) is 9.30. The fourth-order valence-corrected chi connectivity index (χ4v) is 6.98. The molecular weight excluding hydrogens is 669 g/mol. The molecule has 254 valence electrons. The first-order valence-electron chi connectivity index (χ1n) is 15.7. The Balaban J connectivity index is 1.85. The molecule has 8 nitrogen and oxygen atoms in total. The third-order valence-corrected chi connectivity index (χ3v) is 10.4. The van der Waals surface area contributed by atoms with Gasteiger partial charge in [0.1, 0.15) is 18.3 Å². The van der Waals surface area contributed by atoms with Crippen LogP contribution < -0.4 is 14.4 Å². The van der Waals surface area contributed by atoms with Gasteiger partial charge in [-0.3, -0.25) is 13.9 Å². The molecule has 0 aromatic heterocycles. The highest BCUT2D eigenvalue weighted by Gasteiger charge is 2.35. The van der Waals surface area contributed by atoms with Crippen LogP contribution in [0.4, 0.5) is 5.69 Å². The summed E-state index contributed by atoms with van der Waals surface area (Å²) in [6, 6.07) is 25.0. The van der Waals surface area contributed by atoms with Gasteiger partial charge in [-0.15, -0.1) is 0 Å². The number of amides is 2. The molecule has 2 amide bonds. The highest BCUT2D eigenvalue weighted by Crippen LogP contribution is 2.34. The maximum Gasteiger partial charge on any atom is 0.264 e. The smallest absolute Gasteiger partial charge is 0.264 e. The molecule has 4 aromatic rings. The lowest BCUT2D eigenvalue weighted by Gasteiger charge is -2.34. The van der Waals surface area contributed by atoms with Gasteiger partial charge in [0.05, 0.1) is 27.7 Å². The van der Waals surface area contributed by atoms with Crippen molar-refractivity contribution in [1.29, 1.82) is 0 Å². The minimum Gasteiger partial charge on any atom is -0.495 e. The van der Waals surface area contributed by atoms with Gasteiger partial charge >= 0.3 is 0 Å². The summed E-state index contributed by atoms with van der Waals surface area (Å²) >= 11 is 12.6. The van der Waals surface area contributed by atoms with Gasteiger partial charge in [0.15, 0.2) is 0 Å². The maximum atomic E-state index is 14.7. The molecule has 0 unspecified atom stereocenters. The lowest BCUT2D eigenvalue weighted by molar-refractivity contribution is -0.140. The number of methoxy groups -OCH3 is 1. The minimum atomic E-state index is -4.29. The molecule has 0 bridgehead atoms. The number of unbranched alkanes of at least 4 members (excludes halogenated alkanes) is 1. The van der Waals surface area contributed by atoms with E-state index in [2.05, 4.69) is 5.32 Å². The standard InChI is InChI=1S/C37H41Cl2N3O5S/c1-5-6-20-40-37(44)34(23-28-10-8-7-9-11-28)41(24-29-15-18-31(38)32(39)22-29)36(43)25-42(33-21-27(3)14-19-35(33)47-4)48(45,46)30-16-12-26(2)13-17-30/h7-19,21-22,34H,5-6,20,23-25H2,1-4H3,(H,40,44)/t34-/m1/s1. The average molecular weight is 711 g/mol. The van der Waals surface area contributed by atoms with Crippen molar-refractivity contribution in [3.05, 3.63) is 123 Å². The van der Waals surface area contributed by atoms with E-state index in [9.17, 15) is 18.0 Å². The van der Waals surface area contributed by atoms with Crippen LogP contribution in [0, 0.1) is 13.8 Å². The number of anilines is 1. The molecule has 48 heavy (non-hydrogen) atoms. The monoisotopic (exact) mass is 709 g/mol. The zero-order chi connectivity index (χ0) is 34.8. The third-order valence-electron chi connectivity index (χ3n) is 7.93. The number of benzene rings is 4. The van der Waals surface area contributed by atoms with E-state index in [1.165, 1.54) is 24.1 Å². The van der Waals surface area contributed by atoms with Gasteiger partial charge in [0.2, 0.25) is 11.8 Å². The van der Waals surface area contributed by atoms with E-state index in [-0.39, 0.29) is 35.2 Å². The van der Waals surface area contributed by atoms with E-state index in [0.29, 0.717) is 22.2 Å². The highest BCUT2D eigenvalue weighted by molar-refractivity contribution is 7.92. The number of hydrogen-bond donors (Lipinski definition) is 1. The number of carbonyl (C=O) groups excluding carboxylic acids is 2. The predicted molar refractivity (Wildman–Crippen MR) is 192 cm³/mol. The fraction of sp³-hybridized carbons (Fsp3) is 0.297. The molecule has 1 atom stereocenters. The van der Waals surface area contributed by atoms with Crippen molar-refractivity contribution in [1.82, 2.24) is 10.2 Å². The summed E-state index contributed by atoms with van der Waals surface area (Å²) in [5, 5.41) is 3.62. The van der Waals surface area contributed by atoms with Gasteiger partial charge in [-0.1, -0.05) is 96.7 Å². The number of hydrogen-bond acceptors (Lipinski definition) is 5. The van der Waals surface area contributed by atoms with E-state index in [1.54, 1.807) is 48.5 Å². The van der Waals surface area contributed by atoms with Gasteiger partial charge < -0.3 is 15.0 Å². The van der Waals surface area contributed by atoms with Crippen molar-refractivity contribution in [2.45, 2.75) is 57.5 Å². The Hall–Kier alpha value is -4.05. The molecule has 0 saturated heterocycles. The number of nitrogens with one attached hydrogen (secondary N) is 1. The van der Waals surface area contributed by atoms with E-state index in [4.69, 9.17) is 27.9 Å². The fourth-order valence-electron chi connectivity index (χ4n) is 5.24. The molecule has 0 aliphatic rings. The molecule has 4 aromatic carbocycles. The predicted octanol–water partition coefficient (Wildman–Crippen LogP) is 7.37. The number of sulfonamides is 1. The Kier molecular flexibility index (Phi) is 12.9. The number of halogens is 2. The molecule has 11 heteroatoms. The highest BCUT2D eigenvalue weighted by atomic mass is 35.5. The molecular formula is C37H41Cl2N3O5S. The summed E-state index contributed by atoms with van der Waals surface area (Å²) in [4.78, 5) is 30.1. The van der Waals surface area contributed by atoms with Crippen LogP contribution in [0.15, 0.2) is 95.9 Å². The molecule has 0 aliphatic carbocycles. The molecule has 4 rings (SSSR count). The van der Waals surface area contributed by atoms with Gasteiger partial charge in [-0.25, -0.2) is 8.42 Å². The van der Waals surface area contributed by atoms with Crippen molar-refractivity contribution < 1.29 is 22.7 Å². The second-order valence-corrected chi connectivity index (χ2v) is 14.3. The number of ether oxygens (including phenoxy) is 1. The Bertz CT molecular complexity index is 1820. The Morgan fingerprint density at radius 2 is 1.54 bits per heavy atom. The van der Waals surface area contributed by atoms with Gasteiger partial charge in [0.25, 0.3) is 10.0 Å². The first kappa shape index (κ1) is 36.8. The van der Waals surface area contributed by atoms with Crippen molar-refractivity contribution in [3.8, 4) is 5.75 Å². The zero-order valence-electron chi connectivity index (χ0n) is 27.6. The van der Waals surface area contributed by atoms with Crippen LogP contribution in [-0.4, -0.2) is 51.4 Å². The largest absolute Gasteiger partial charge is 0.495 e. The maximum absolute atomic E-state index is 14.7. The van der Waals surface area contributed by atoms with E-state index in [0.717, 1.165) is 33.8 Å². The number of aryl methyl sites for hydroxylation is 2. The van der Waals surface area contributed by atoms with Gasteiger partial charge in [0, 0.05) is 19.5 Å².